The highest BCUT2D eigenvalue weighted by Gasteiger charge is 2.26. The highest BCUT2D eigenvalue weighted by Crippen LogP contribution is 2.41. The van der Waals surface area contributed by atoms with Gasteiger partial charge in [0.2, 0.25) is 0 Å². The predicted molar refractivity (Wildman–Crippen MR) is 94.5 cm³/mol. The average Bonchev–Trinajstić information content (AvgIpc) is 2.59. The fourth-order valence-corrected chi connectivity index (χ4v) is 2.61. The summed E-state index contributed by atoms with van der Waals surface area (Å²) >= 11 is 0. The van der Waals surface area contributed by atoms with Gasteiger partial charge in [0.1, 0.15) is 5.60 Å². The molecule has 2 aromatic rings. The molecule has 4 nitrogen and oxygen atoms in total. The molecule has 2 heterocycles. The van der Waals surface area contributed by atoms with Gasteiger partial charge in [-0.05, 0) is 55.3 Å². The highest BCUT2D eigenvalue weighted by atomic mass is 16.5. The van der Waals surface area contributed by atoms with Crippen LogP contribution in [-0.4, -0.2) is 17.7 Å². The first-order chi connectivity index (χ1) is 11.5. The standard InChI is InChI=1S/C20H18N2O2/c1-20(2)9-6-17-15(4-5-18(23-3)19(17)24-20)12-16(13-21)14-7-10-22-11-8-14/h4-12H,1-3H3/b16-12-. The van der Waals surface area contributed by atoms with Crippen LogP contribution in [0.15, 0.2) is 42.7 Å². The van der Waals surface area contributed by atoms with Crippen LogP contribution in [0.4, 0.5) is 0 Å². The van der Waals surface area contributed by atoms with Gasteiger partial charge in [-0.3, -0.25) is 4.98 Å². The van der Waals surface area contributed by atoms with Crippen molar-refractivity contribution in [3.8, 4) is 17.6 Å². The van der Waals surface area contributed by atoms with Gasteiger partial charge in [-0.2, -0.15) is 5.26 Å². The third kappa shape index (κ3) is 3.02. The van der Waals surface area contributed by atoms with Crippen LogP contribution in [0.2, 0.25) is 0 Å². The van der Waals surface area contributed by atoms with Gasteiger partial charge >= 0.3 is 0 Å². The largest absolute Gasteiger partial charge is 0.493 e. The number of pyridine rings is 1. The Morgan fingerprint density at radius 3 is 2.67 bits per heavy atom. The molecule has 0 saturated carbocycles. The van der Waals surface area contributed by atoms with Crippen LogP contribution in [0, 0.1) is 11.3 Å². The van der Waals surface area contributed by atoms with Crippen molar-refractivity contribution in [2.75, 3.05) is 7.11 Å². The van der Waals surface area contributed by atoms with Gasteiger partial charge in [0.25, 0.3) is 0 Å². The van der Waals surface area contributed by atoms with E-state index in [2.05, 4.69) is 11.1 Å². The molecule has 0 atom stereocenters. The topological polar surface area (TPSA) is 55.1 Å². The smallest absolute Gasteiger partial charge is 0.170 e. The van der Waals surface area contributed by atoms with Crippen molar-refractivity contribution < 1.29 is 9.47 Å². The van der Waals surface area contributed by atoms with Crippen LogP contribution in [0.1, 0.15) is 30.5 Å². The molecular formula is C20H18N2O2. The molecule has 1 aliphatic heterocycles. The van der Waals surface area contributed by atoms with Crippen molar-refractivity contribution in [2.24, 2.45) is 0 Å². The van der Waals surface area contributed by atoms with Crippen LogP contribution in [0.5, 0.6) is 11.5 Å². The molecule has 0 N–H and O–H groups in total. The SMILES string of the molecule is COc1ccc(/C=C(/C#N)c2ccncc2)c2c1OC(C)(C)C=C2. The van der Waals surface area contributed by atoms with Gasteiger partial charge in [-0.1, -0.05) is 12.1 Å². The van der Waals surface area contributed by atoms with Crippen molar-refractivity contribution in [1.29, 1.82) is 5.26 Å². The zero-order chi connectivity index (χ0) is 17.2. The van der Waals surface area contributed by atoms with Crippen molar-refractivity contribution in [1.82, 2.24) is 4.98 Å². The first-order valence-electron chi connectivity index (χ1n) is 7.65. The number of hydrogen-bond donors (Lipinski definition) is 0. The number of benzene rings is 1. The molecule has 1 aromatic carbocycles. The van der Waals surface area contributed by atoms with Gasteiger partial charge in [-0.15, -0.1) is 0 Å². The van der Waals surface area contributed by atoms with Crippen molar-refractivity contribution in [2.45, 2.75) is 19.4 Å². The van der Waals surface area contributed by atoms with E-state index in [4.69, 9.17) is 9.47 Å². The van der Waals surface area contributed by atoms with Gasteiger partial charge in [0.15, 0.2) is 11.5 Å². The Kier molecular flexibility index (Phi) is 4.09. The summed E-state index contributed by atoms with van der Waals surface area (Å²) in [4.78, 5) is 3.99. The van der Waals surface area contributed by atoms with E-state index in [1.165, 1.54) is 0 Å². The van der Waals surface area contributed by atoms with Crippen LogP contribution in [-0.2, 0) is 0 Å². The van der Waals surface area contributed by atoms with E-state index in [1.807, 2.05) is 56.3 Å². The fraction of sp³-hybridized carbons (Fsp3) is 0.200. The molecule has 4 heteroatoms. The Morgan fingerprint density at radius 2 is 2.00 bits per heavy atom. The number of methoxy groups -OCH3 is 1. The molecule has 0 fully saturated rings. The maximum Gasteiger partial charge on any atom is 0.170 e. The molecule has 0 bridgehead atoms. The van der Waals surface area contributed by atoms with Crippen molar-refractivity contribution in [3.05, 3.63) is 59.4 Å². The van der Waals surface area contributed by atoms with Gasteiger partial charge < -0.3 is 9.47 Å². The number of allylic oxidation sites excluding steroid dienone is 1. The molecule has 1 aliphatic rings. The predicted octanol–water partition coefficient (Wildman–Crippen LogP) is 4.34. The number of nitriles is 1. The Balaban J connectivity index is 2.13. The third-order valence-corrected chi connectivity index (χ3v) is 3.84. The number of hydrogen-bond acceptors (Lipinski definition) is 4. The maximum atomic E-state index is 9.52. The lowest BCUT2D eigenvalue weighted by Gasteiger charge is -2.29. The number of nitrogens with zero attached hydrogens (tertiary/aromatic N) is 2. The minimum Gasteiger partial charge on any atom is -0.493 e. The molecule has 0 radical (unpaired) electrons. The van der Waals surface area contributed by atoms with Crippen LogP contribution in [0.25, 0.3) is 17.7 Å². The Hall–Kier alpha value is -3.06. The third-order valence-electron chi connectivity index (χ3n) is 3.84. The molecule has 0 saturated heterocycles. The lowest BCUT2D eigenvalue weighted by molar-refractivity contribution is 0.152. The quantitative estimate of drug-likeness (QED) is 0.790. The first-order valence-corrected chi connectivity index (χ1v) is 7.65. The minimum absolute atomic E-state index is 0.397. The van der Waals surface area contributed by atoms with E-state index in [0.717, 1.165) is 16.7 Å². The molecule has 0 amide bonds. The van der Waals surface area contributed by atoms with Crippen LogP contribution < -0.4 is 9.47 Å². The van der Waals surface area contributed by atoms with E-state index < -0.39 is 5.60 Å². The Bertz CT molecular complexity index is 859. The summed E-state index contributed by atoms with van der Waals surface area (Å²) in [6.07, 6.45) is 9.24. The summed E-state index contributed by atoms with van der Waals surface area (Å²) in [5.74, 6) is 1.38. The minimum atomic E-state index is -0.397. The summed E-state index contributed by atoms with van der Waals surface area (Å²) in [5.41, 5.74) is 2.83. The van der Waals surface area contributed by atoms with E-state index in [-0.39, 0.29) is 0 Å². The van der Waals surface area contributed by atoms with E-state index in [1.54, 1.807) is 19.5 Å². The van der Waals surface area contributed by atoms with Gasteiger partial charge in [0, 0.05) is 18.0 Å². The van der Waals surface area contributed by atoms with E-state index in [0.29, 0.717) is 17.1 Å². The summed E-state index contributed by atoms with van der Waals surface area (Å²) in [7, 11) is 1.62. The Labute approximate surface area is 141 Å². The van der Waals surface area contributed by atoms with Crippen molar-refractivity contribution >= 4 is 17.7 Å². The highest BCUT2D eigenvalue weighted by molar-refractivity contribution is 5.92. The summed E-state index contributed by atoms with van der Waals surface area (Å²) in [5, 5.41) is 9.52. The lowest BCUT2D eigenvalue weighted by Crippen LogP contribution is -2.28. The van der Waals surface area contributed by atoms with Gasteiger partial charge in [0.05, 0.1) is 18.8 Å². The molecule has 1 aromatic heterocycles. The first kappa shape index (κ1) is 15.8. The summed E-state index contributed by atoms with van der Waals surface area (Å²) < 4.78 is 11.5. The molecule has 0 aliphatic carbocycles. The number of ether oxygens (including phenoxy) is 2. The molecular weight excluding hydrogens is 300 g/mol. The summed E-state index contributed by atoms with van der Waals surface area (Å²) in [6, 6.07) is 9.69. The van der Waals surface area contributed by atoms with Gasteiger partial charge in [-0.25, -0.2) is 0 Å². The molecule has 120 valence electrons. The zero-order valence-electron chi connectivity index (χ0n) is 13.9. The molecule has 24 heavy (non-hydrogen) atoms. The zero-order valence-corrected chi connectivity index (χ0v) is 13.9. The number of fused-ring (bicyclic) bond motifs is 1. The number of aromatic nitrogens is 1. The number of rotatable bonds is 3. The maximum absolute atomic E-state index is 9.52. The second-order valence-corrected chi connectivity index (χ2v) is 6.04. The van der Waals surface area contributed by atoms with Crippen LogP contribution >= 0.6 is 0 Å². The fourth-order valence-electron chi connectivity index (χ4n) is 2.61. The normalized spacial score (nSPS) is 15.2. The lowest BCUT2D eigenvalue weighted by atomic mass is 9.96. The second kappa shape index (κ2) is 6.21. The molecule has 3 rings (SSSR count). The van der Waals surface area contributed by atoms with E-state index in [9.17, 15) is 5.26 Å². The van der Waals surface area contributed by atoms with E-state index >= 15 is 0 Å². The summed E-state index contributed by atoms with van der Waals surface area (Å²) in [6.45, 7) is 3.98. The average molecular weight is 318 g/mol. The molecule has 0 spiro atoms. The second-order valence-electron chi connectivity index (χ2n) is 6.04. The molecule has 0 unspecified atom stereocenters. The monoisotopic (exact) mass is 318 g/mol. The van der Waals surface area contributed by atoms with Crippen molar-refractivity contribution in [3.63, 3.8) is 0 Å². The van der Waals surface area contributed by atoms with Crippen LogP contribution in [0.3, 0.4) is 0 Å². The Morgan fingerprint density at radius 1 is 1.25 bits per heavy atom.